The van der Waals surface area contributed by atoms with Crippen LogP contribution in [0.4, 0.5) is 0 Å². The molecule has 0 bridgehead atoms. The quantitative estimate of drug-likeness (QED) is 0.758. The third kappa shape index (κ3) is 5.21. The van der Waals surface area contributed by atoms with E-state index in [1.807, 2.05) is 30.3 Å². The van der Waals surface area contributed by atoms with E-state index in [-0.39, 0.29) is 0 Å². The molecule has 0 amide bonds. The molecule has 2 rings (SSSR count). The van der Waals surface area contributed by atoms with E-state index in [0.29, 0.717) is 31.7 Å². The van der Waals surface area contributed by atoms with Crippen LogP contribution in [0.25, 0.3) is 0 Å². The Hall–Kier alpha value is -0.940. The average Bonchev–Trinajstić information content (AvgIpc) is 3.00. The Morgan fingerprint density at radius 1 is 1.40 bits per heavy atom. The van der Waals surface area contributed by atoms with E-state index in [1.165, 1.54) is 0 Å². The molecule has 1 aromatic carbocycles. The van der Waals surface area contributed by atoms with Crippen LogP contribution in [-0.4, -0.2) is 43.6 Å². The van der Waals surface area contributed by atoms with Gasteiger partial charge in [0.05, 0.1) is 25.9 Å². The Balaban J connectivity index is 1.57. The summed E-state index contributed by atoms with van der Waals surface area (Å²) in [7, 11) is 0. The second-order valence-electron chi connectivity index (χ2n) is 5.48. The minimum absolute atomic E-state index is 0.357. The SMILES string of the molecule is CC(NCC(O)COCc1ccccc1)C1CCOC1. The summed E-state index contributed by atoms with van der Waals surface area (Å²) < 4.78 is 10.9. The van der Waals surface area contributed by atoms with Gasteiger partial charge < -0.3 is 19.9 Å². The summed E-state index contributed by atoms with van der Waals surface area (Å²) in [5, 5.41) is 13.3. The molecule has 20 heavy (non-hydrogen) atoms. The van der Waals surface area contributed by atoms with Crippen molar-refractivity contribution in [1.29, 1.82) is 0 Å². The van der Waals surface area contributed by atoms with Crippen LogP contribution in [0.5, 0.6) is 0 Å². The Labute approximate surface area is 121 Å². The van der Waals surface area contributed by atoms with Crippen LogP contribution < -0.4 is 5.32 Å². The predicted molar refractivity (Wildman–Crippen MR) is 78.5 cm³/mol. The van der Waals surface area contributed by atoms with Gasteiger partial charge in [0.25, 0.3) is 0 Å². The van der Waals surface area contributed by atoms with Crippen LogP contribution >= 0.6 is 0 Å². The zero-order valence-corrected chi connectivity index (χ0v) is 12.1. The van der Waals surface area contributed by atoms with Gasteiger partial charge in [-0.3, -0.25) is 0 Å². The molecule has 0 aromatic heterocycles. The first-order valence-corrected chi connectivity index (χ1v) is 7.36. The molecule has 1 aliphatic rings. The molecule has 1 aliphatic heterocycles. The zero-order valence-electron chi connectivity index (χ0n) is 12.1. The maximum absolute atomic E-state index is 9.90. The second kappa shape index (κ2) is 8.37. The van der Waals surface area contributed by atoms with Crippen LogP contribution in [0.3, 0.4) is 0 Å². The molecule has 0 aliphatic carbocycles. The third-order valence-electron chi connectivity index (χ3n) is 3.77. The van der Waals surface area contributed by atoms with Crippen molar-refractivity contribution >= 4 is 0 Å². The number of rotatable bonds is 8. The first kappa shape index (κ1) is 15.4. The van der Waals surface area contributed by atoms with Crippen LogP contribution in [-0.2, 0) is 16.1 Å². The van der Waals surface area contributed by atoms with Gasteiger partial charge in [-0.1, -0.05) is 30.3 Å². The average molecular weight is 279 g/mol. The molecule has 3 unspecified atom stereocenters. The predicted octanol–water partition coefficient (Wildman–Crippen LogP) is 1.58. The van der Waals surface area contributed by atoms with Crippen molar-refractivity contribution in [3.63, 3.8) is 0 Å². The molecule has 4 heteroatoms. The summed E-state index contributed by atoms with van der Waals surface area (Å²) in [6.45, 7) is 5.30. The molecule has 0 saturated carbocycles. The van der Waals surface area contributed by atoms with E-state index in [1.54, 1.807) is 0 Å². The molecule has 3 atom stereocenters. The molecule has 1 aromatic rings. The molecule has 4 nitrogen and oxygen atoms in total. The molecule has 0 spiro atoms. The number of hydrogen-bond acceptors (Lipinski definition) is 4. The minimum atomic E-state index is -0.469. The summed E-state index contributed by atoms with van der Waals surface area (Å²) in [4.78, 5) is 0. The summed E-state index contributed by atoms with van der Waals surface area (Å²) in [6.07, 6.45) is 0.637. The number of benzene rings is 1. The maximum atomic E-state index is 9.90. The molecular weight excluding hydrogens is 254 g/mol. The lowest BCUT2D eigenvalue weighted by Crippen LogP contribution is -2.40. The van der Waals surface area contributed by atoms with Gasteiger partial charge in [0.1, 0.15) is 0 Å². The summed E-state index contributed by atoms with van der Waals surface area (Å²) >= 11 is 0. The maximum Gasteiger partial charge on any atom is 0.0897 e. The normalized spacial score (nSPS) is 21.8. The molecular formula is C16H25NO3. The third-order valence-corrected chi connectivity index (χ3v) is 3.77. The fourth-order valence-corrected chi connectivity index (χ4v) is 2.38. The van der Waals surface area contributed by atoms with E-state index in [4.69, 9.17) is 9.47 Å². The van der Waals surface area contributed by atoms with Crippen molar-refractivity contribution in [2.24, 2.45) is 5.92 Å². The van der Waals surface area contributed by atoms with Gasteiger partial charge in [-0.15, -0.1) is 0 Å². The Morgan fingerprint density at radius 3 is 2.90 bits per heavy atom. The van der Waals surface area contributed by atoms with Crippen LogP contribution in [0.1, 0.15) is 18.9 Å². The van der Waals surface area contributed by atoms with Crippen molar-refractivity contribution in [2.75, 3.05) is 26.4 Å². The fraction of sp³-hybridized carbons (Fsp3) is 0.625. The highest BCUT2D eigenvalue weighted by Crippen LogP contribution is 2.16. The Kier molecular flexibility index (Phi) is 6.47. The molecule has 0 radical (unpaired) electrons. The Bertz CT molecular complexity index is 365. The van der Waals surface area contributed by atoms with E-state index >= 15 is 0 Å². The molecule has 2 N–H and O–H groups in total. The number of aliphatic hydroxyl groups excluding tert-OH is 1. The minimum Gasteiger partial charge on any atom is -0.389 e. The number of aliphatic hydroxyl groups is 1. The Morgan fingerprint density at radius 2 is 2.20 bits per heavy atom. The van der Waals surface area contributed by atoms with Gasteiger partial charge in [0.2, 0.25) is 0 Å². The smallest absolute Gasteiger partial charge is 0.0897 e. The van der Waals surface area contributed by atoms with Crippen molar-refractivity contribution in [3.05, 3.63) is 35.9 Å². The standard InChI is InChI=1S/C16H25NO3/c1-13(15-7-8-19-11-15)17-9-16(18)12-20-10-14-5-3-2-4-6-14/h2-6,13,15-18H,7-12H2,1H3. The van der Waals surface area contributed by atoms with Gasteiger partial charge in [-0.05, 0) is 24.8 Å². The van der Waals surface area contributed by atoms with E-state index < -0.39 is 6.10 Å². The lowest BCUT2D eigenvalue weighted by molar-refractivity contribution is 0.0268. The van der Waals surface area contributed by atoms with Gasteiger partial charge in [-0.2, -0.15) is 0 Å². The van der Waals surface area contributed by atoms with Gasteiger partial charge in [-0.25, -0.2) is 0 Å². The van der Waals surface area contributed by atoms with Gasteiger partial charge in [0, 0.05) is 19.2 Å². The highest BCUT2D eigenvalue weighted by atomic mass is 16.5. The van der Waals surface area contributed by atoms with Crippen molar-refractivity contribution in [1.82, 2.24) is 5.32 Å². The van der Waals surface area contributed by atoms with Crippen LogP contribution in [0.2, 0.25) is 0 Å². The summed E-state index contributed by atoms with van der Waals surface area (Å²) in [5.74, 6) is 0.562. The lowest BCUT2D eigenvalue weighted by Gasteiger charge is -2.21. The first-order valence-electron chi connectivity index (χ1n) is 7.36. The zero-order chi connectivity index (χ0) is 14.2. The monoisotopic (exact) mass is 279 g/mol. The topological polar surface area (TPSA) is 50.7 Å². The van der Waals surface area contributed by atoms with E-state index in [0.717, 1.165) is 25.2 Å². The fourth-order valence-electron chi connectivity index (χ4n) is 2.38. The van der Waals surface area contributed by atoms with Gasteiger partial charge in [0.15, 0.2) is 0 Å². The van der Waals surface area contributed by atoms with Crippen molar-refractivity contribution in [3.8, 4) is 0 Å². The van der Waals surface area contributed by atoms with Crippen molar-refractivity contribution in [2.45, 2.75) is 32.1 Å². The van der Waals surface area contributed by atoms with E-state index in [2.05, 4.69) is 12.2 Å². The highest BCUT2D eigenvalue weighted by molar-refractivity contribution is 5.13. The highest BCUT2D eigenvalue weighted by Gasteiger charge is 2.22. The number of ether oxygens (including phenoxy) is 2. The molecule has 112 valence electrons. The molecule has 1 heterocycles. The molecule has 1 saturated heterocycles. The van der Waals surface area contributed by atoms with Crippen LogP contribution in [0.15, 0.2) is 30.3 Å². The summed E-state index contributed by atoms with van der Waals surface area (Å²) in [5.41, 5.74) is 1.13. The van der Waals surface area contributed by atoms with E-state index in [9.17, 15) is 5.11 Å². The summed E-state index contributed by atoms with van der Waals surface area (Å²) in [6, 6.07) is 10.4. The van der Waals surface area contributed by atoms with Crippen molar-refractivity contribution < 1.29 is 14.6 Å². The first-order chi connectivity index (χ1) is 9.75. The number of hydrogen-bond donors (Lipinski definition) is 2. The van der Waals surface area contributed by atoms with Crippen LogP contribution in [0, 0.1) is 5.92 Å². The molecule has 1 fully saturated rings. The lowest BCUT2D eigenvalue weighted by atomic mass is 10.0. The second-order valence-corrected chi connectivity index (χ2v) is 5.48. The largest absolute Gasteiger partial charge is 0.389 e. The van der Waals surface area contributed by atoms with Gasteiger partial charge >= 0.3 is 0 Å². The number of nitrogens with one attached hydrogen (secondary N) is 1.